The molecule has 1 heterocycles. The molecule has 148 valence electrons. The minimum Gasteiger partial charge on any atom is -0.330 e. The molecule has 0 fully saturated rings. The number of nitrogens with two attached hydrogens (primary N) is 1. The van der Waals surface area contributed by atoms with E-state index in [-0.39, 0.29) is 30.4 Å². The molecule has 1 aliphatic rings. The van der Waals surface area contributed by atoms with E-state index < -0.39 is 0 Å². The largest absolute Gasteiger partial charge is 0.330 e. The van der Waals surface area contributed by atoms with E-state index in [1.165, 1.54) is 11.1 Å². The average Bonchev–Trinajstić information content (AvgIpc) is 2.66. The Morgan fingerprint density at radius 1 is 1.07 bits per heavy atom. The van der Waals surface area contributed by atoms with Gasteiger partial charge >= 0.3 is 0 Å². The van der Waals surface area contributed by atoms with Crippen LogP contribution in [0.5, 0.6) is 0 Å². The highest BCUT2D eigenvalue weighted by molar-refractivity contribution is 6.10. The van der Waals surface area contributed by atoms with E-state index in [0.29, 0.717) is 11.6 Å². The molecule has 5 heteroatoms. The molecule has 3 rings (SSSR count). The molecule has 0 bridgehead atoms. The summed E-state index contributed by atoms with van der Waals surface area (Å²) < 4.78 is 0. The highest BCUT2D eigenvalue weighted by Crippen LogP contribution is 2.29. The molecule has 0 aliphatic carbocycles. The van der Waals surface area contributed by atoms with E-state index in [0.717, 1.165) is 12.1 Å². The molecule has 2 amide bonds. The number of benzene rings is 2. The Hall–Kier alpha value is -2.66. The summed E-state index contributed by atoms with van der Waals surface area (Å²) in [7, 11) is 0. The van der Waals surface area contributed by atoms with Gasteiger partial charge in [-0.2, -0.15) is 0 Å². The highest BCUT2D eigenvalue weighted by Gasteiger charge is 2.32. The van der Waals surface area contributed by atoms with Crippen molar-refractivity contribution >= 4 is 23.2 Å². The van der Waals surface area contributed by atoms with Crippen LogP contribution >= 0.6 is 0 Å². The van der Waals surface area contributed by atoms with Crippen LogP contribution in [0.3, 0.4) is 0 Å². The highest BCUT2D eigenvalue weighted by atomic mass is 16.2. The number of para-hydroxylation sites is 2. The van der Waals surface area contributed by atoms with Crippen LogP contribution in [0, 0.1) is 5.92 Å². The van der Waals surface area contributed by atoms with Crippen LogP contribution in [0.25, 0.3) is 0 Å². The zero-order chi connectivity index (χ0) is 20.3. The van der Waals surface area contributed by atoms with Crippen molar-refractivity contribution in [3.05, 3.63) is 59.7 Å². The summed E-state index contributed by atoms with van der Waals surface area (Å²) >= 11 is 0. The molecule has 2 aromatic rings. The van der Waals surface area contributed by atoms with Gasteiger partial charge in [-0.15, -0.1) is 0 Å². The second-order valence-corrected chi connectivity index (χ2v) is 8.10. The van der Waals surface area contributed by atoms with Gasteiger partial charge in [-0.25, -0.2) is 0 Å². The first-order valence-electron chi connectivity index (χ1n) is 9.99. The summed E-state index contributed by atoms with van der Waals surface area (Å²) in [4.78, 5) is 26.7. The van der Waals surface area contributed by atoms with Gasteiger partial charge in [0.15, 0.2) is 6.04 Å². The van der Waals surface area contributed by atoms with Crippen molar-refractivity contribution in [3.63, 3.8) is 0 Å². The second kappa shape index (κ2) is 8.57. The van der Waals surface area contributed by atoms with E-state index in [1.54, 1.807) is 4.90 Å². The van der Waals surface area contributed by atoms with Gasteiger partial charge in [0.25, 0.3) is 5.91 Å². The van der Waals surface area contributed by atoms with Gasteiger partial charge in [-0.3, -0.25) is 14.5 Å². The molecule has 0 radical (unpaired) electrons. The minimum atomic E-state index is -0.288. The first kappa shape index (κ1) is 20.1. The maximum Gasteiger partial charge on any atom is 0.285 e. The summed E-state index contributed by atoms with van der Waals surface area (Å²) in [5.74, 6) is 0.427. The van der Waals surface area contributed by atoms with Crippen molar-refractivity contribution < 1.29 is 14.9 Å². The van der Waals surface area contributed by atoms with Gasteiger partial charge in [-0.05, 0) is 43.9 Å². The zero-order valence-electron chi connectivity index (χ0n) is 17.1. The first-order chi connectivity index (χ1) is 13.3. The summed E-state index contributed by atoms with van der Waals surface area (Å²) in [5.41, 5.74) is 3.99. The quantitative estimate of drug-likeness (QED) is 0.809. The van der Waals surface area contributed by atoms with E-state index >= 15 is 0 Å². The number of rotatable bonds is 6. The lowest BCUT2D eigenvalue weighted by atomic mass is 9.99. The number of carbonyl (C=O) groups excluding carboxylic acids is 2. The van der Waals surface area contributed by atoms with Gasteiger partial charge in [0, 0.05) is 5.56 Å². The van der Waals surface area contributed by atoms with Gasteiger partial charge < -0.3 is 10.6 Å². The molecule has 0 saturated carbocycles. The molecule has 0 aromatic heterocycles. The summed E-state index contributed by atoms with van der Waals surface area (Å²) in [5, 5.41) is 4.89. The fourth-order valence-corrected chi connectivity index (χ4v) is 3.73. The monoisotopic (exact) mass is 380 g/mol. The fraction of sp³-hybridized carbons (Fsp3) is 0.391. The molecule has 5 nitrogen and oxygen atoms in total. The predicted octanol–water partition coefficient (Wildman–Crippen LogP) is 2.88. The Kier molecular flexibility index (Phi) is 6.15. The topological polar surface area (TPSA) is 66.0 Å². The summed E-state index contributed by atoms with van der Waals surface area (Å²) in [6, 6.07) is 16.0. The van der Waals surface area contributed by atoms with Gasteiger partial charge in [-0.1, -0.05) is 50.2 Å². The Morgan fingerprint density at radius 3 is 2.43 bits per heavy atom. The standard InChI is InChI=1S/C23H29N3O2/c1-15(2)13-18-9-11-19(12-10-18)16(3)24-17(4)23(28)26-14-22(27)25-20-7-5-6-8-21(20)26/h5-12,15-17,24H,13-14H2,1-4H3,(H,25,27)/p+1/t16-,17-/m1/s1. The van der Waals surface area contributed by atoms with Crippen molar-refractivity contribution in [3.8, 4) is 0 Å². The van der Waals surface area contributed by atoms with E-state index in [1.807, 2.05) is 31.2 Å². The smallest absolute Gasteiger partial charge is 0.285 e. The number of nitrogens with one attached hydrogen (secondary N) is 1. The normalized spacial score (nSPS) is 15.8. The third kappa shape index (κ3) is 4.60. The van der Waals surface area contributed by atoms with Crippen LogP contribution in [0.1, 0.15) is 44.9 Å². The molecular weight excluding hydrogens is 350 g/mol. The van der Waals surface area contributed by atoms with Crippen LogP contribution in [0.15, 0.2) is 48.5 Å². The van der Waals surface area contributed by atoms with E-state index in [2.05, 4.69) is 55.7 Å². The van der Waals surface area contributed by atoms with E-state index in [9.17, 15) is 9.59 Å². The van der Waals surface area contributed by atoms with Crippen LogP contribution in [-0.4, -0.2) is 24.4 Å². The number of nitrogens with zero attached hydrogens (tertiary/aromatic N) is 1. The number of fused-ring (bicyclic) bond motifs is 1. The van der Waals surface area contributed by atoms with Crippen molar-refractivity contribution in [2.24, 2.45) is 5.92 Å². The summed E-state index contributed by atoms with van der Waals surface area (Å²) in [6.45, 7) is 8.51. The van der Waals surface area contributed by atoms with Crippen LogP contribution < -0.4 is 15.5 Å². The Bertz CT molecular complexity index is 845. The Balaban J connectivity index is 1.68. The number of carbonyl (C=O) groups is 2. The lowest BCUT2D eigenvalue weighted by molar-refractivity contribution is -0.710. The zero-order valence-corrected chi connectivity index (χ0v) is 17.1. The number of hydrogen-bond acceptors (Lipinski definition) is 2. The molecule has 1 aliphatic heterocycles. The fourth-order valence-electron chi connectivity index (χ4n) is 3.73. The number of amides is 2. The second-order valence-electron chi connectivity index (χ2n) is 8.10. The van der Waals surface area contributed by atoms with Gasteiger partial charge in [0.1, 0.15) is 12.6 Å². The molecular formula is C23H30N3O2+. The Morgan fingerprint density at radius 2 is 1.75 bits per heavy atom. The number of quaternary nitrogens is 1. The molecule has 0 unspecified atom stereocenters. The minimum absolute atomic E-state index is 0.0504. The summed E-state index contributed by atoms with van der Waals surface area (Å²) in [6.07, 6.45) is 1.07. The van der Waals surface area contributed by atoms with Crippen molar-refractivity contribution in [1.29, 1.82) is 0 Å². The van der Waals surface area contributed by atoms with Gasteiger partial charge in [0.05, 0.1) is 11.4 Å². The van der Waals surface area contributed by atoms with Crippen LogP contribution in [0.2, 0.25) is 0 Å². The van der Waals surface area contributed by atoms with Crippen LogP contribution in [0.4, 0.5) is 11.4 Å². The number of hydrogen-bond donors (Lipinski definition) is 2. The lowest BCUT2D eigenvalue weighted by Crippen LogP contribution is -2.92. The number of anilines is 2. The van der Waals surface area contributed by atoms with E-state index in [4.69, 9.17) is 0 Å². The maximum absolute atomic E-state index is 13.1. The molecule has 28 heavy (non-hydrogen) atoms. The predicted molar refractivity (Wildman–Crippen MR) is 112 cm³/mol. The average molecular weight is 381 g/mol. The molecule has 2 atom stereocenters. The Labute approximate surface area is 167 Å². The maximum atomic E-state index is 13.1. The van der Waals surface area contributed by atoms with Crippen molar-refractivity contribution in [2.45, 2.75) is 46.2 Å². The SMILES string of the molecule is CC(C)Cc1ccc([C@@H](C)[NH2+][C@H](C)C(=O)N2CC(=O)Nc3ccccc32)cc1. The van der Waals surface area contributed by atoms with Gasteiger partial charge in [0.2, 0.25) is 5.91 Å². The molecule has 3 N–H and O–H groups in total. The third-order valence-electron chi connectivity index (χ3n) is 5.15. The lowest BCUT2D eigenvalue weighted by Gasteiger charge is -2.30. The molecule has 0 saturated heterocycles. The molecule has 0 spiro atoms. The third-order valence-corrected chi connectivity index (χ3v) is 5.15. The van der Waals surface area contributed by atoms with Crippen LogP contribution in [-0.2, 0) is 16.0 Å². The van der Waals surface area contributed by atoms with Crippen molar-refractivity contribution in [1.82, 2.24) is 0 Å². The van der Waals surface area contributed by atoms with Crippen molar-refractivity contribution in [2.75, 3.05) is 16.8 Å². The molecule has 2 aromatic carbocycles. The first-order valence-corrected chi connectivity index (χ1v) is 9.99.